The number of hydrogen-bond donors (Lipinski definition) is 2. The van der Waals surface area contributed by atoms with Crippen LogP contribution in [0.5, 0.6) is 0 Å². The predicted octanol–water partition coefficient (Wildman–Crippen LogP) is 0.792. The third-order valence-corrected chi connectivity index (χ3v) is 2.31. The van der Waals surface area contributed by atoms with Crippen LogP contribution in [0.1, 0.15) is 35.2 Å². The van der Waals surface area contributed by atoms with E-state index in [9.17, 15) is 4.79 Å². The van der Waals surface area contributed by atoms with Gasteiger partial charge in [-0.3, -0.25) is 4.79 Å². The first kappa shape index (κ1) is 11.7. The minimum atomic E-state index is -0.243. The van der Waals surface area contributed by atoms with E-state index in [4.69, 9.17) is 9.63 Å². The summed E-state index contributed by atoms with van der Waals surface area (Å²) in [4.78, 5) is 11.8. The fourth-order valence-corrected chi connectivity index (χ4v) is 1.34. The molecule has 0 aliphatic carbocycles. The van der Waals surface area contributed by atoms with Gasteiger partial charge in [0.15, 0.2) is 0 Å². The van der Waals surface area contributed by atoms with Crippen molar-refractivity contribution in [2.75, 3.05) is 6.61 Å². The molecule has 5 nitrogen and oxygen atoms in total. The molecule has 2 N–H and O–H groups in total. The second kappa shape index (κ2) is 4.93. The number of nitrogens with zero attached hydrogens (tertiary/aromatic N) is 1. The normalized spacial score (nSPS) is 12.5. The molecule has 1 aromatic heterocycles. The molecule has 0 bridgehead atoms. The number of aromatic nitrogens is 1. The number of amides is 1. The zero-order valence-corrected chi connectivity index (χ0v) is 9.20. The Kier molecular flexibility index (Phi) is 3.85. The van der Waals surface area contributed by atoms with Gasteiger partial charge in [0.05, 0.1) is 18.3 Å². The van der Waals surface area contributed by atoms with Gasteiger partial charge in [0.2, 0.25) is 0 Å². The van der Waals surface area contributed by atoms with Gasteiger partial charge in [0, 0.05) is 0 Å². The Balaban J connectivity index is 2.77. The summed E-state index contributed by atoms with van der Waals surface area (Å²) in [6.07, 6.45) is 0.686. The summed E-state index contributed by atoms with van der Waals surface area (Å²) in [6, 6.07) is -0.216. The summed E-state index contributed by atoms with van der Waals surface area (Å²) < 4.78 is 4.89. The monoisotopic (exact) mass is 212 g/mol. The average Bonchev–Trinajstić information content (AvgIpc) is 2.55. The number of carbonyl (C=O) groups is 1. The maximum atomic E-state index is 11.8. The topological polar surface area (TPSA) is 75.4 Å². The van der Waals surface area contributed by atoms with Crippen molar-refractivity contribution < 1.29 is 14.4 Å². The summed E-state index contributed by atoms with van der Waals surface area (Å²) in [5, 5.41) is 15.4. The Labute approximate surface area is 88.5 Å². The molecular formula is C10H16N2O3. The number of carbonyl (C=O) groups excluding carboxylic acids is 1. The first-order valence-electron chi connectivity index (χ1n) is 4.94. The largest absolute Gasteiger partial charge is 0.394 e. The lowest BCUT2D eigenvalue weighted by Gasteiger charge is -2.13. The van der Waals surface area contributed by atoms with Gasteiger partial charge >= 0.3 is 0 Å². The molecule has 0 fully saturated rings. The fraction of sp³-hybridized carbons (Fsp3) is 0.600. The molecule has 0 saturated carbocycles. The van der Waals surface area contributed by atoms with E-state index in [1.54, 1.807) is 13.8 Å². The number of nitrogens with one attached hydrogen (secondary N) is 1. The molecule has 0 aromatic carbocycles. The molecule has 1 amide bonds. The van der Waals surface area contributed by atoms with Crippen molar-refractivity contribution in [3.05, 3.63) is 17.0 Å². The van der Waals surface area contributed by atoms with Crippen molar-refractivity contribution in [1.82, 2.24) is 10.5 Å². The highest BCUT2D eigenvalue weighted by Gasteiger charge is 2.19. The highest BCUT2D eigenvalue weighted by molar-refractivity contribution is 5.96. The van der Waals surface area contributed by atoms with E-state index in [1.165, 1.54) is 0 Å². The summed E-state index contributed by atoms with van der Waals surface area (Å²) in [6.45, 7) is 5.24. The molecule has 0 unspecified atom stereocenters. The van der Waals surface area contributed by atoms with Crippen LogP contribution in [0.15, 0.2) is 4.52 Å². The minimum Gasteiger partial charge on any atom is -0.394 e. The zero-order chi connectivity index (χ0) is 11.4. The SMILES string of the molecule is CC[C@H](CO)NC(=O)c1c(C)noc1C. The van der Waals surface area contributed by atoms with Gasteiger partial charge in [-0.05, 0) is 20.3 Å². The molecule has 0 saturated heterocycles. The lowest BCUT2D eigenvalue weighted by Crippen LogP contribution is -2.37. The third-order valence-electron chi connectivity index (χ3n) is 2.31. The zero-order valence-electron chi connectivity index (χ0n) is 9.20. The van der Waals surface area contributed by atoms with Crippen LogP contribution in [-0.2, 0) is 0 Å². The summed E-state index contributed by atoms with van der Waals surface area (Å²) in [7, 11) is 0. The van der Waals surface area contributed by atoms with E-state index < -0.39 is 0 Å². The minimum absolute atomic E-state index is 0.0639. The van der Waals surface area contributed by atoms with Gasteiger partial charge in [0.1, 0.15) is 11.3 Å². The molecule has 5 heteroatoms. The third kappa shape index (κ3) is 2.56. The van der Waals surface area contributed by atoms with Gasteiger partial charge in [-0.25, -0.2) is 0 Å². The fourth-order valence-electron chi connectivity index (χ4n) is 1.34. The van der Waals surface area contributed by atoms with Crippen LogP contribution in [0.4, 0.5) is 0 Å². The van der Waals surface area contributed by atoms with Crippen LogP contribution >= 0.6 is 0 Å². The first-order chi connectivity index (χ1) is 7.10. The van der Waals surface area contributed by atoms with Gasteiger partial charge in [0.25, 0.3) is 5.91 Å². The Morgan fingerprint density at radius 1 is 1.60 bits per heavy atom. The molecule has 0 aliphatic heterocycles. The van der Waals surface area contributed by atoms with Crippen molar-refractivity contribution in [3.63, 3.8) is 0 Å². The maximum Gasteiger partial charge on any atom is 0.257 e. The Morgan fingerprint density at radius 2 is 2.27 bits per heavy atom. The van der Waals surface area contributed by atoms with Gasteiger partial charge in [-0.2, -0.15) is 0 Å². The molecule has 84 valence electrons. The number of rotatable bonds is 4. The van der Waals surface area contributed by atoms with E-state index in [1.807, 2.05) is 6.92 Å². The number of aryl methyl sites for hydroxylation is 2. The quantitative estimate of drug-likeness (QED) is 0.773. The van der Waals surface area contributed by atoms with E-state index >= 15 is 0 Å². The smallest absolute Gasteiger partial charge is 0.257 e. The second-order valence-corrected chi connectivity index (χ2v) is 3.46. The highest BCUT2D eigenvalue weighted by atomic mass is 16.5. The molecule has 1 heterocycles. The summed E-state index contributed by atoms with van der Waals surface area (Å²) in [5.74, 6) is 0.255. The summed E-state index contributed by atoms with van der Waals surface area (Å²) in [5.41, 5.74) is 1.03. The Bertz CT molecular complexity index is 323. The van der Waals surface area contributed by atoms with Gasteiger partial charge < -0.3 is 14.9 Å². The number of aliphatic hydroxyl groups excluding tert-OH is 1. The van der Waals surface area contributed by atoms with Crippen molar-refractivity contribution in [1.29, 1.82) is 0 Å². The lowest BCUT2D eigenvalue weighted by molar-refractivity contribution is 0.0913. The molecule has 15 heavy (non-hydrogen) atoms. The van der Waals surface area contributed by atoms with Crippen LogP contribution < -0.4 is 5.32 Å². The molecule has 0 spiro atoms. The molecule has 1 rings (SSSR count). The molecular weight excluding hydrogens is 196 g/mol. The van der Waals surface area contributed by atoms with Crippen molar-refractivity contribution in [3.8, 4) is 0 Å². The van der Waals surface area contributed by atoms with E-state index in [0.29, 0.717) is 23.4 Å². The highest BCUT2D eigenvalue weighted by Crippen LogP contribution is 2.12. The molecule has 0 radical (unpaired) electrons. The van der Waals surface area contributed by atoms with Crippen LogP contribution in [0, 0.1) is 13.8 Å². The van der Waals surface area contributed by atoms with E-state index in [0.717, 1.165) is 0 Å². The lowest BCUT2D eigenvalue weighted by atomic mass is 10.1. The van der Waals surface area contributed by atoms with Crippen LogP contribution in [-0.4, -0.2) is 28.8 Å². The Morgan fingerprint density at radius 3 is 2.67 bits per heavy atom. The maximum absolute atomic E-state index is 11.8. The van der Waals surface area contributed by atoms with Crippen molar-refractivity contribution in [2.24, 2.45) is 0 Å². The summed E-state index contributed by atoms with van der Waals surface area (Å²) >= 11 is 0. The van der Waals surface area contributed by atoms with E-state index in [-0.39, 0.29) is 18.6 Å². The van der Waals surface area contributed by atoms with Gasteiger partial charge in [-0.1, -0.05) is 12.1 Å². The average molecular weight is 212 g/mol. The number of hydrogen-bond acceptors (Lipinski definition) is 4. The van der Waals surface area contributed by atoms with Crippen LogP contribution in [0.3, 0.4) is 0 Å². The molecule has 1 atom stereocenters. The number of aliphatic hydroxyl groups is 1. The van der Waals surface area contributed by atoms with E-state index in [2.05, 4.69) is 10.5 Å². The first-order valence-corrected chi connectivity index (χ1v) is 4.94. The molecule has 0 aliphatic rings. The predicted molar refractivity (Wildman–Crippen MR) is 54.6 cm³/mol. The van der Waals surface area contributed by atoms with Crippen LogP contribution in [0.25, 0.3) is 0 Å². The second-order valence-electron chi connectivity index (χ2n) is 3.46. The Hall–Kier alpha value is -1.36. The van der Waals surface area contributed by atoms with Gasteiger partial charge in [-0.15, -0.1) is 0 Å². The van der Waals surface area contributed by atoms with Crippen molar-refractivity contribution in [2.45, 2.75) is 33.2 Å². The standard InChI is InChI=1S/C10H16N2O3/c1-4-8(5-13)11-10(14)9-6(2)12-15-7(9)3/h8,13H,4-5H2,1-3H3,(H,11,14)/t8-/m1/s1. The van der Waals surface area contributed by atoms with Crippen molar-refractivity contribution >= 4 is 5.91 Å². The molecule has 1 aromatic rings. The van der Waals surface area contributed by atoms with Crippen LogP contribution in [0.2, 0.25) is 0 Å².